The van der Waals surface area contributed by atoms with Gasteiger partial charge in [0.15, 0.2) is 0 Å². The van der Waals surface area contributed by atoms with Gasteiger partial charge in [-0.05, 0) is 11.6 Å². The zero-order valence-corrected chi connectivity index (χ0v) is 11.6. The number of amides is 1. The minimum Gasteiger partial charge on any atom is -0.480 e. The molecule has 0 radical (unpaired) electrons. The van der Waals surface area contributed by atoms with Gasteiger partial charge in [0.05, 0.1) is 6.61 Å². The third-order valence-corrected chi connectivity index (χ3v) is 2.78. The fourth-order valence-corrected chi connectivity index (χ4v) is 1.75. The van der Waals surface area contributed by atoms with Crippen molar-refractivity contribution < 1.29 is 24.2 Å². The molecule has 0 heterocycles. The van der Waals surface area contributed by atoms with Crippen LogP contribution < -0.4 is 5.32 Å². The molecular weight excluding hydrogens is 262 g/mol. The van der Waals surface area contributed by atoms with E-state index in [1.165, 1.54) is 14.2 Å². The predicted molar refractivity (Wildman–Crippen MR) is 72.5 cm³/mol. The molecule has 0 aromatic heterocycles. The Balaban J connectivity index is 2.80. The number of carboxylic acids is 1. The molecule has 0 saturated heterocycles. The predicted octanol–water partition coefficient (Wildman–Crippen LogP) is 1.05. The molecule has 0 bridgehead atoms. The van der Waals surface area contributed by atoms with Gasteiger partial charge in [0.25, 0.3) is 5.91 Å². The van der Waals surface area contributed by atoms with E-state index in [0.717, 1.165) is 0 Å². The van der Waals surface area contributed by atoms with Crippen LogP contribution in [-0.2, 0) is 20.9 Å². The SMILES string of the molecule is COCCC(NC(=O)c1ccccc1COC)C(=O)O. The van der Waals surface area contributed by atoms with Gasteiger partial charge < -0.3 is 19.9 Å². The molecule has 1 aromatic carbocycles. The maximum absolute atomic E-state index is 12.1. The van der Waals surface area contributed by atoms with E-state index in [-0.39, 0.29) is 13.0 Å². The van der Waals surface area contributed by atoms with Crippen LogP contribution in [0, 0.1) is 0 Å². The summed E-state index contributed by atoms with van der Waals surface area (Å²) < 4.78 is 9.86. The molecule has 0 aliphatic rings. The highest BCUT2D eigenvalue weighted by atomic mass is 16.5. The Morgan fingerprint density at radius 2 is 1.95 bits per heavy atom. The Labute approximate surface area is 117 Å². The molecule has 1 aromatic rings. The van der Waals surface area contributed by atoms with E-state index < -0.39 is 17.9 Å². The quantitative estimate of drug-likeness (QED) is 0.744. The summed E-state index contributed by atoms with van der Waals surface area (Å²) in [5, 5.41) is 11.6. The molecule has 6 nitrogen and oxygen atoms in total. The number of carbonyl (C=O) groups excluding carboxylic acids is 1. The van der Waals surface area contributed by atoms with Gasteiger partial charge in [0.2, 0.25) is 0 Å². The van der Waals surface area contributed by atoms with Crippen LogP contribution in [0.25, 0.3) is 0 Å². The monoisotopic (exact) mass is 281 g/mol. The van der Waals surface area contributed by atoms with Gasteiger partial charge in [-0.15, -0.1) is 0 Å². The van der Waals surface area contributed by atoms with Crippen molar-refractivity contribution in [2.24, 2.45) is 0 Å². The zero-order chi connectivity index (χ0) is 15.0. The summed E-state index contributed by atoms with van der Waals surface area (Å²) in [6.45, 7) is 0.552. The van der Waals surface area contributed by atoms with E-state index in [1.54, 1.807) is 24.3 Å². The van der Waals surface area contributed by atoms with Crippen molar-refractivity contribution in [2.45, 2.75) is 19.1 Å². The molecule has 0 fully saturated rings. The van der Waals surface area contributed by atoms with E-state index in [9.17, 15) is 9.59 Å². The first-order valence-corrected chi connectivity index (χ1v) is 6.19. The molecule has 2 N–H and O–H groups in total. The van der Waals surface area contributed by atoms with Crippen LogP contribution in [0.4, 0.5) is 0 Å². The van der Waals surface area contributed by atoms with Crippen molar-refractivity contribution in [1.82, 2.24) is 5.32 Å². The Hall–Kier alpha value is -1.92. The lowest BCUT2D eigenvalue weighted by molar-refractivity contribution is -0.139. The van der Waals surface area contributed by atoms with Crippen LogP contribution in [-0.4, -0.2) is 43.9 Å². The van der Waals surface area contributed by atoms with E-state index in [4.69, 9.17) is 14.6 Å². The number of benzene rings is 1. The third-order valence-electron chi connectivity index (χ3n) is 2.78. The van der Waals surface area contributed by atoms with Crippen LogP contribution in [0.1, 0.15) is 22.3 Å². The first kappa shape index (κ1) is 16.1. The molecule has 1 amide bonds. The number of ether oxygens (including phenoxy) is 2. The largest absolute Gasteiger partial charge is 0.480 e. The normalized spacial score (nSPS) is 11.9. The van der Waals surface area contributed by atoms with E-state index >= 15 is 0 Å². The summed E-state index contributed by atoms with van der Waals surface area (Å²) in [6, 6.07) is 5.95. The van der Waals surface area contributed by atoms with Gasteiger partial charge in [0.1, 0.15) is 6.04 Å². The lowest BCUT2D eigenvalue weighted by Crippen LogP contribution is -2.41. The Kier molecular flexibility index (Phi) is 6.69. The van der Waals surface area contributed by atoms with Gasteiger partial charge >= 0.3 is 5.97 Å². The summed E-state index contributed by atoms with van der Waals surface area (Å²) in [5.41, 5.74) is 1.13. The summed E-state index contributed by atoms with van der Waals surface area (Å²) in [7, 11) is 3.02. The standard InChI is InChI=1S/C14H19NO5/c1-19-8-7-12(14(17)18)15-13(16)11-6-4-3-5-10(11)9-20-2/h3-6,12H,7-9H2,1-2H3,(H,15,16)(H,17,18). The number of carbonyl (C=O) groups is 2. The molecule has 20 heavy (non-hydrogen) atoms. The average Bonchev–Trinajstić information content (AvgIpc) is 2.43. The van der Waals surface area contributed by atoms with Gasteiger partial charge in [-0.3, -0.25) is 4.79 Å². The zero-order valence-electron chi connectivity index (χ0n) is 11.6. The molecule has 1 unspecified atom stereocenters. The maximum Gasteiger partial charge on any atom is 0.326 e. The average molecular weight is 281 g/mol. The lowest BCUT2D eigenvalue weighted by atomic mass is 10.1. The number of hydrogen-bond donors (Lipinski definition) is 2. The van der Waals surface area contributed by atoms with Gasteiger partial charge in [0, 0.05) is 32.8 Å². The molecule has 0 aliphatic carbocycles. The Morgan fingerprint density at radius 3 is 2.55 bits per heavy atom. The van der Waals surface area contributed by atoms with Gasteiger partial charge in [-0.2, -0.15) is 0 Å². The number of aliphatic carboxylic acids is 1. The number of rotatable bonds is 8. The number of nitrogens with one attached hydrogen (secondary N) is 1. The summed E-state index contributed by atoms with van der Waals surface area (Å²) in [6.07, 6.45) is 0.212. The highest BCUT2D eigenvalue weighted by Gasteiger charge is 2.21. The van der Waals surface area contributed by atoms with E-state index in [1.807, 2.05) is 0 Å². The first-order valence-electron chi connectivity index (χ1n) is 6.19. The molecule has 0 spiro atoms. The molecule has 1 atom stereocenters. The van der Waals surface area contributed by atoms with Crippen LogP contribution in [0.3, 0.4) is 0 Å². The Bertz CT molecular complexity index is 461. The molecule has 0 saturated carbocycles. The highest BCUT2D eigenvalue weighted by molar-refractivity contribution is 5.97. The van der Waals surface area contributed by atoms with Crippen LogP contribution >= 0.6 is 0 Å². The van der Waals surface area contributed by atoms with Crippen molar-refractivity contribution >= 4 is 11.9 Å². The van der Waals surface area contributed by atoms with Crippen LogP contribution in [0.15, 0.2) is 24.3 Å². The number of hydrogen-bond acceptors (Lipinski definition) is 4. The fourth-order valence-electron chi connectivity index (χ4n) is 1.75. The minimum absolute atomic E-state index is 0.212. The topological polar surface area (TPSA) is 84.9 Å². The van der Waals surface area contributed by atoms with Gasteiger partial charge in [-0.25, -0.2) is 4.79 Å². The van der Waals surface area contributed by atoms with Crippen molar-refractivity contribution in [3.63, 3.8) is 0 Å². The molecule has 1 rings (SSSR count). The molecule has 110 valence electrons. The molecule has 6 heteroatoms. The van der Waals surface area contributed by atoms with Crippen molar-refractivity contribution in [1.29, 1.82) is 0 Å². The third kappa shape index (κ3) is 4.64. The fraction of sp³-hybridized carbons (Fsp3) is 0.429. The highest BCUT2D eigenvalue weighted by Crippen LogP contribution is 2.10. The second-order valence-corrected chi connectivity index (χ2v) is 4.24. The maximum atomic E-state index is 12.1. The van der Waals surface area contributed by atoms with Gasteiger partial charge in [-0.1, -0.05) is 18.2 Å². The smallest absolute Gasteiger partial charge is 0.326 e. The Morgan fingerprint density at radius 1 is 1.25 bits per heavy atom. The summed E-state index contributed by atoms with van der Waals surface area (Å²) >= 11 is 0. The van der Waals surface area contributed by atoms with Crippen molar-refractivity contribution in [3.8, 4) is 0 Å². The van der Waals surface area contributed by atoms with Crippen LogP contribution in [0.2, 0.25) is 0 Å². The first-order chi connectivity index (χ1) is 9.60. The van der Waals surface area contributed by atoms with E-state index in [0.29, 0.717) is 17.7 Å². The van der Waals surface area contributed by atoms with Crippen LogP contribution in [0.5, 0.6) is 0 Å². The molecule has 0 aliphatic heterocycles. The summed E-state index contributed by atoms with van der Waals surface area (Å²) in [4.78, 5) is 23.2. The second kappa shape index (κ2) is 8.29. The number of carboxylic acid groups (broad SMARTS) is 1. The summed E-state index contributed by atoms with van der Waals surface area (Å²) in [5.74, 6) is -1.51. The minimum atomic E-state index is -1.08. The van der Waals surface area contributed by atoms with E-state index in [2.05, 4.69) is 5.32 Å². The van der Waals surface area contributed by atoms with Crippen molar-refractivity contribution in [3.05, 3.63) is 35.4 Å². The lowest BCUT2D eigenvalue weighted by Gasteiger charge is -2.15. The number of methoxy groups -OCH3 is 2. The van der Waals surface area contributed by atoms with Crippen molar-refractivity contribution in [2.75, 3.05) is 20.8 Å². The second-order valence-electron chi connectivity index (χ2n) is 4.24. The molecular formula is C14H19NO5.